The number of benzene rings is 1. The van der Waals surface area contributed by atoms with Crippen LogP contribution in [0.2, 0.25) is 0 Å². The van der Waals surface area contributed by atoms with Gasteiger partial charge >= 0.3 is 0 Å². The molecule has 0 spiro atoms. The quantitative estimate of drug-likeness (QED) is 0.879. The number of para-hydroxylation sites is 1. The van der Waals surface area contributed by atoms with Gasteiger partial charge in [0.05, 0.1) is 11.5 Å². The molecule has 1 aromatic carbocycles. The number of carbonyl (C=O) groups excluding carboxylic acids is 2. The van der Waals surface area contributed by atoms with E-state index in [2.05, 4.69) is 5.32 Å². The molecule has 1 N–H and O–H groups in total. The van der Waals surface area contributed by atoms with Gasteiger partial charge in [-0.15, -0.1) is 0 Å². The topological polar surface area (TPSA) is 83.6 Å². The van der Waals surface area contributed by atoms with Crippen LogP contribution in [-0.2, 0) is 19.4 Å². The Morgan fingerprint density at radius 2 is 2.00 bits per heavy atom. The maximum atomic E-state index is 12.1. The summed E-state index contributed by atoms with van der Waals surface area (Å²) in [5, 5.41) is 2.82. The highest BCUT2D eigenvalue weighted by Crippen LogP contribution is 2.19. The number of anilines is 1. The Bertz CT molecular complexity index is 700. The molecule has 6 nitrogen and oxygen atoms in total. The van der Waals surface area contributed by atoms with Gasteiger partial charge in [-0.1, -0.05) is 18.2 Å². The summed E-state index contributed by atoms with van der Waals surface area (Å²) in [6, 6.07) is 7.14. The average molecular weight is 338 g/mol. The van der Waals surface area contributed by atoms with Crippen LogP contribution in [0.1, 0.15) is 25.3 Å². The second-order valence-corrected chi connectivity index (χ2v) is 8.11. The van der Waals surface area contributed by atoms with E-state index in [4.69, 9.17) is 0 Å². The molecule has 0 aliphatic carbocycles. The minimum Gasteiger partial charge on any atom is -0.338 e. The Morgan fingerprint density at radius 1 is 1.30 bits per heavy atom. The van der Waals surface area contributed by atoms with Crippen LogP contribution in [0.15, 0.2) is 24.3 Å². The first-order chi connectivity index (χ1) is 10.8. The summed E-state index contributed by atoms with van der Waals surface area (Å²) in [5.74, 6) is -0.287. The lowest BCUT2D eigenvalue weighted by Crippen LogP contribution is -2.41. The number of nitrogens with zero attached hydrogens (tertiary/aromatic N) is 1. The number of hydrogen-bond acceptors (Lipinski definition) is 4. The van der Waals surface area contributed by atoms with E-state index >= 15 is 0 Å². The summed E-state index contributed by atoms with van der Waals surface area (Å²) in [6.45, 7) is 3.54. The molecule has 1 unspecified atom stereocenters. The molecule has 126 valence electrons. The second kappa shape index (κ2) is 7.12. The zero-order valence-corrected chi connectivity index (χ0v) is 14.2. The van der Waals surface area contributed by atoms with Gasteiger partial charge in [-0.3, -0.25) is 9.59 Å². The van der Waals surface area contributed by atoms with Crippen molar-refractivity contribution >= 4 is 27.3 Å². The first-order valence-corrected chi connectivity index (χ1v) is 9.44. The van der Waals surface area contributed by atoms with E-state index < -0.39 is 9.84 Å². The van der Waals surface area contributed by atoms with E-state index in [1.807, 2.05) is 31.2 Å². The van der Waals surface area contributed by atoms with E-state index in [0.29, 0.717) is 6.42 Å². The predicted octanol–water partition coefficient (Wildman–Crippen LogP) is 1.36. The lowest BCUT2D eigenvalue weighted by Gasteiger charge is -2.26. The largest absolute Gasteiger partial charge is 0.338 e. The maximum Gasteiger partial charge on any atom is 0.226 e. The van der Waals surface area contributed by atoms with Gasteiger partial charge in [0.1, 0.15) is 0 Å². The van der Waals surface area contributed by atoms with E-state index in [-0.39, 0.29) is 42.3 Å². The Kier molecular flexibility index (Phi) is 5.41. The van der Waals surface area contributed by atoms with Crippen LogP contribution in [0.4, 0.5) is 5.69 Å². The molecule has 1 aromatic rings. The van der Waals surface area contributed by atoms with E-state index in [1.165, 1.54) is 11.8 Å². The van der Waals surface area contributed by atoms with Crippen LogP contribution in [0.5, 0.6) is 0 Å². The van der Waals surface area contributed by atoms with E-state index in [1.54, 1.807) is 0 Å². The van der Waals surface area contributed by atoms with E-state index in [9.17, 15) is 18.0 Å². The van der Waals surface area contributed by atoms with Crippen molar-refractivity contribution in [2.24, 2.45) is 0 Å². The van der Waals surface area contributed by atoms with Crippen molar-refractivity contribution in [3.8, 4) is 0 Å². The van der Waals surface area contributed by atoms with Crippen molar-refractivity contribution in [2.75, 3.05) is 23.4 Å². The van der Waals surface area contributed by atoms with Crippen molar-refractivity contribution in [1.82, 2.24) is 4.90 Å². The summed E-state index contributed by atoms with van der Waals surface area (Å²) in [5.41, 5.74) is 1.71. The third-order valence-electron chi connectivity index (χ3n) is 4.05. The molecule has 2 amide bonds. The number of aryl methyl sites for hydroxylation is 1. The molecule has 1 aliphatic rings. The van der Waals surface area contributed by atoms with Gasteiger partial charge in [0.25, 0.3) is 0 Å². The first-order valence-electron chi connectivity index (χ1n) is 7.61. The number of carbonyl (C=O) groups is 2. The number of hydrogen-bond donors (Lipinski definition) is 1. The van der Waals surface area contributed by atoms with Gasteiger partial charge in [0.15, 0.2) is 9.84 Å². The minimum atomic E-state index is -3.06. The summed E-state index contributed by atoms with van der Waals surface area (Å²) < 4.78 is 23.1. The number of sulfone groups is 1. The molecule has 1 fully saturated rings. The summed E-state index contributed by atoms with van der Waals surface area (Å²) in [7, 11) is -3.06. The molecule has 7 heteroatoms. The number of amides is 2. The summed E-state index contributed by atoms with van der Waals surface area (Å²) >= 11 is 0. The molecule has 1 heterocycles. The highest BCUT2D eigenvalue weighted by atomic mass is 32.2. The smallest absolute Gasteiger partial charge is 0.226 e. The summed E-state index contributed by atoms with van der Waals surface area (Å²) in [4.78, 5) is 25.3. The second-order valence-electron chi connectivity index (χ2n) is 5.88. The molecular weight excluding hydrogens is 316 g/mol. The van der Waals surface area contributed by atoms with Gasteiger partial charge in [0, 0.05) is 31.6 Å². The van der Waals surface area contributed by atoms with Crippen LogP contribution in [0, 0.1) is 6.92 Å². The molecule has 0 radical (unpaired) electrons. The predicted molar refractivity (Wildman–Crippen MR) is 88.9 cm³/mol. The third kappa shape index (κ3) is 4.79. The van der Waals surface area contributed by atoms with Crippen molar-refractivity contribution < 1.29 is 18.0 Å². The molecule has 0 bridgehead atoms. The van der Waals surface area contributed by atoms with Crippen molar-refractivity contribution in [2.45, 2.75) is 32.7 Å². The molecule has 0 saturated carbocycles. The molecule has 0 aromatic heterocycles. The fourth-order valence-electron chi connectivity index (χ4n) is 2.77. The average Bonchev–Trinajstić information content (AvgIpc) is 2.81. The van der Waals surface area contributed by atoms with Gasteiger partial charge in [-0.25, -0.2) is 8.42 Å². The van der Waals surface area contributed by atoms with Crippen molar-refractivity contribution in [3.05, 3.63) is 29.8 Å². The fraction of sp³-hybridized carbons (Fsp3) is 0.500. The molecule has 1 atom stereocenters. The Balaban J connectivity index is 1.93. The lowest BCUT2D eigenvalue weighted by atomic mass is 10.2. The van der Waals surface area contributed by atoms with Gasteiger partial charge in [0.2, 0.25) is 11.8 Å². The third-order valence-corrected chi connectivity index (χ3v) is 5.80. The normalized spacial score (nSPS) is 19.3. The zero-order valence-electron chi connectivity index (χ0n) is 13.4. The van der Waals surface area contributed by atoms with Crippen LogP contribution >= 0.6 is 0 Å². The van der Waals surface area contributed by atoms with Crippen molar-refractivity contribution in [3.63, 3.8) is 0 Å². The van der Waals surface area contributed by atoms with Crippen LogP contribution in [0.3, 0.4) is 0 Å². The minimum absolute atomic E-state index is 0.00794. The SMILES string of the molecule is CC(=O)N(CCC(=O)Nc1ccccc1C)C1CCS(=O)(=O)C1. The Labute approximate surface area is 136 Å². The van der Waals surface area contributed by atoms with Crippen LogP contribution in [-0.4, -0.2) is 49.2 Å². The van der Waals surface area contributed by atoms with Gasteiger partial charge < -0.3 is 10.2 Å². The summed E-state index contributed by atoms with van der Waals surface area (Å²) in [6.07, 6.45) is 0.589. The lowest BCUT2D eigenvalue weighted by molar-refractivity contribution is -0.131. The highest BCUT2D eigenvalue weighted by molar-refractivity contribution is 7.91. The first kappa shape index (κ1) is 17.5. The highest BCUT2D eigenvalue weighted by Gasteiger charge is 2.33. The van der Waals surface area contributed by atoms with Crippen molar-refractivity contribution in [1.29, 1.82) is 0 Å². The maximum absolute atomic E-state index is 12.1. The molecule has 23 heavy (non-hydrogen) atoms. The Morgan fingerprint density at radius 3 is 2.57 bits per heavy atom. The molecule has 1 saturated heterocycles. The van der Waals surface area contributed by atoms with Crippen LogP contribution in [0.25, 0.3) is 0 Å². The molecule has 1 aliphatic heterocycles. The molecule has 2 rings (SSSR count). The Hall–Kier alpha value is -1.89. The molecular formula is C16H22N2O4S. The van der Waals surface area contributed by atoms with E-state index in [0.717, 1.165) is 11.3 Å². The number of nitrogens with one attached hydrogen (secondary N) is 1. The van der Waals surface area contributed by atoms with Gasteiger partial charge in [-0.2, -0.15) is 0 Å². The van der Waals surface area contributed by atoms with Crippen LogP contribution < -0.4 is 5.32 Å². The monoisotopic (exact) mass is 338 g/mol. The van der Waals surface area contributed by atoms with Gasteiger partial charge in [-0.05, 0) is 25.0 Å². The fourth-order valence-corrected chi connectivity index (χ4v) is 4.50. The zero-order chi connectivity index (χ0) is 17.0. The number of rotatable bonds is 5. The standard InChI is InChI=1S/C16H22N2O4S/c1-12-5-3-4-6-15(12)17-16(20)7-9-18(13(2)19)14-8-10-23(21,22)11-14/h3-6,14H,7-11H2,1-2H3,(H,17,20).